The molecule has 1 saturated heterocycles. The summed E-state index contributed by atoms with van der Waals surface area (Å²) in [7, 11) is 2.76. The first-order valence-electron chi connectivity index (χ1n) is 6.34. The summed E-state index contributed by atoms with van der Waals surface area (Å²) in [6.07, 6.45) is -0.115. The van der Waals surface area contributed by atoms with Crippen LogP contribution >= 0.6 is 11.8 Å². The van der Waals surface area contributed by atoms with Crippen molar-refractivity contribution in [1.29, 1.82) is 0 Å². The molecule has 110 valence electrons. The maximum absolute atomic E-state index is 11.3. The number of hydrogen-bond acceptors (Lipinski definition) is 6. The lowest BCUT2D eigenvalue weighted by Gasteiger charge is -2.17. The van der Waals surface area contributed by atoms with E-state index in [1.54, 1.807) is 18.2 Å². The lowest BCUT2D eigenvalue weighted by atomic mass is 10.1. The highest BCUT2D eigenvalue weighted by Gasteiger charge is 2.22. The first-order valence-corrected chi connectivity index (χ1v) is 7.49. The summed E-state index contributed by atoms with van der Waals surface area (Å²) in [6.45, 7) is 0. The van der Waals surface area contributed by atoms with E-state index < -0.39 is 12.1 Å². The molecule has 0 aromatic heterocycles. The summed E-state index contributed by atoms with van der Waals surface area (Å²) in [5.41, 5.74) is 0.418. The van der Waals surface area contributed by atoms with Crippen molar-refractivity contribution in [3.8, 4) is 11.5 Å². The number of hydrogen-bond donors (Lipinski definition) is 1. The van der Waals surface area contributed by atoms with Crippen molar-refractivity contribution in [2.75, 3.05) is 25.7 Å². The minimum absolute atomic E-state index is 0.185. The summed E-state index contributed by atoms with van der Waals surface area (Å²) in [5.74, 6) is 2.50. The molecule has 6 heteroatoms. The first kappa shape index (κ1) is 15.0. The Morgan fingerprint density at radius 2 is 2.20 bits per heavy atom. The van der Waals surface area contributed by atoms with E-state index in [0.717, 1.165) is 17.9 Å². The third kappa shape index (κ3) is 3.37. The van der Waals surface area contributed by atoms with Crippen molar-refractivity contribution in [3.05, 3.63) is 23.8 Å². The number of methoxy groups -OCH3 is 2. The Balaban J connectivity index is 2.16. The van der Waals surface area contributed by atoms with Gasteiger partial charge in [0, 0.05) is 5.75 Å². The van der Waals surface area contributed by atoms with Crippen molar-refractivity contribution < 1.29 is 24.1 Å². The second kappa shape index (κ2) is 6.85. The molecule has 1 heterocycles. The molecule has 1 aliphatic heterocycles. The van der Waals surface area contributed by atoms with E-state index in [4.69, 9.17) is 9.47 Å². The van der Waals surface area contributed by atoms with Crippen LogP contribution < -0.4 is 9.47 Å². The molecule has 0 spiro atoms. The third-order valence-corrected chi connectivity index (χ3v) is 4.24. The molecular formula is C14H18O5S. The van der Waals surface area contributed by atoms with Crippen molar-refractivity contribution >= 4 is 17.7 Å². The van der Waals surface area contributed by atoms with E-state index in [1.165, 1.54) is 14.2 Å². The van der Waals surface area contributed by atoms with Gasteiger partial charge in [-0.2, -0.15) is 11.8 Å². The Hall–Kier alpha value is -1.40. The predicted molar refractivity (Wildman–Crippen MR) is 76.3 cm³/mol. The van der Waals surface area contributed by atoms with Gasteiger partial charge in [-0.15, -0.1) is 0 Å². The molecule has 1 aromatic carbocycles. The zero-order valence-corrected chi connectivity index (χ0v) is 12.3. The van der Waals surface area contributed by atoms with Gasteiger partial charge in [-0.3, -0.25) is 0 Å². The van der Waals surface area contributed by atoms with Crippen molar-refractivity contribution in [2.24, 2.45) is 0 Å². The molecule has 2 rings (SSSR count). The molecular weight excluding hydrogens is 280 g/mol. The molecule has 1 N–H and O–H groups in total. The van der Waals surface area contributed by atoms with Gasteiger partial charge in [-0.1, -0.05) is 6.07 Å². The zero-order chi connectivity index (χ0) is 14.5. The number of ether oxygens (including phenoxy) is 3. The van der Waals surface area contributed by atoms with Gasteiger partial charge in [0.15, 0.2) is 17.6 Å². The van der Waals surface area contributed by atoms with Gasteiger partial charge in [-0.25, -0.2) is 4.79 Å². The largest absolute Gasteiger partial charge is 0.493 e. The van der Waals surface area contributed by atoms with Gasteiger partial charge in [0.05, 0.1) is 14.2 Å². The first-order chi connectivity index (χ1) is 9.65. The SMILES string of the molecule is COC(=O)C(O)c1ccc(OC2CCSC2)c(OC)c1. The van der Waals surface area contributed by atoms with E-state index >= 15 is 0 Å². The van der Waals surface area contributed by atoms with E-state index in [2.05, 4.69) is 4.74 Å². The number of carbonyl (C=O) groups excluding carboxylic acids is 1. The quantitative estimate of drug-likeness (QED) is 0.836. The zero-order valence-electron chi connectivity index (χ0n) is 11.5. The standard InChI is InChI=1S/C14H18O5S/c1-17-12-7-9(13(15)14(16)18-2)3-4-11(12)19-10-5-6-20-8-10/h3-4,7,10,13,15H,5-6,8H2,1-2H3. The Bertz CT molecular complexity index is 471. The lowest BCUT2D eigenvalue weighted by molar-refractivity contribution is -0.150. The Kier molecular flexibility index (Phi) is 5.14. The fourth-order valence-corrected chi connectivity index (χ4v) is 3.08. The fraction of sp³-hybridized carbons (Fsp3) is 0.500. The number of aliphatic hydroxyl groups is 1. The average Bonchev–Trinajstić information content (AvgIpc) is 2.99. The summed E-state index contributed by atoms with van der Waals surface area (Å²) >= 11 is 1.86. The molecule has 2 unspecified atom stereocenters. The third-order valence-electron chi connectivity index (χ3n) is 3.11. The maximum atomic E-state index is 11.3. The average molecular weight is 298 g/mol. The van der Waals surface area contributed by atoms with Crippen LogP contribution in [0.3, 0.4) is 0 Å². The molecule has 1 fully saturated rings. The van der Waals surface area contributed by atoms with Gasteiger partial charge in [0.25, 0.3) is 0 Å². The summed E-state index contributed by atoms with van der Waals surface area (Å²) in [6, 6.07) is 4.95. The van der Waals surface area contributed by atoms with Crippen LogP contribution in [-0.4, -0.2) is 42.9 Å². The van der Waals surface area contributed by atoms with E-state index in [1.807, 2.05) is 11.8 Å². The molecule has 2 atom stereocenters. The molecule has 0 amide bonds. The summed E-state index contributed by atoms with van der Waals surface area (Å²) in [4.78, 5) is 11.3. The summed E-state index contributed by atoms with van der Waals surface area (Å²) in [5, 5.41) is 9.81. The molecule has 1 aliphatic rings. The Morgan fingerprint density at radius 1 is 1.40 bits per heavy atom. The van der Waals surface area contributed by atoms with Crippen LogP contribution in [0.2, 0.25) is 0 Å². The highest BCUT2D eigenvalue weighted by Crippen LogP contribution is 2.33. The number of benzene rings is 1. The minimum atomic E-state index is -1.31. The monoisotopic (exact) mass is 298 g/mol. The van der Waals surface area contributed by atoms with Crippen molar-refractivity contribution in [2.45, 2.75) is 18.6 Å². The Morgan fingerprint density at radius 3 is 2.80 bits per heavy atom. The number of aliphatic hydroxyl groups excluding tert-OH is 1. The van der Waals surface area contributed by atoms with Crippen LogP contribution in [0.15, 0.2) is 18.2 Å². The van der Waals surface area contributed by atoms with E-state index in [-0.39, 0.29) is 6.10 Å². The van der Waals surface area contributed by atoms with Crippen LogP contribution in [0, 0.1) is 0 Å². The van der Waals surface area contributed by atoms with Crippen LogP contribution in [-0.2, 0) is 9.53 Å². The highest BCUT2D eigenvalue weighted by molar-refractivity contribution is 7.99. The van der Waals surface area contributed by atoms with Crippen molar-refractivity contribution in [3.63, 3.8) is 0 Å². The number of rotatable bonds is 5. The predicted octanol–water partition coefficient (Wildman–Crippen LogP) is 1.79. The highest BCUT2D eigenvalue weighted by atomic mass is 32.2. The van der Waals surface area contributed by atoms with Gasteiger partial charge < -0.3 is 19.3 Å². The molecule has 5 nitrogen and oxygen atoms in total. The lowest BCUT2D eigenvalue weighted by Crippen LogP contribution is -2.16. The van der Waals surface area contributed by atoms with Crippen LogP contribution in [0.4, 0.5) is 0 Å². The topological polar surface area (TPSA) is 65.0 Å². The van der Waals surface area contributed by atoms with Gasteiger partial charge in [0.2, 0.25) is 0 Å². The normalized spacial score (nSPS) is 19.4. The van der Waals surface area contributed by atoms with E-state index in [9.17, 15) is 9.90 Å². The molecule has 1 aromatic rings. The number of esters is 1. The molecule has 20 heavy (non-hydrogen) atoms. The Labute approximate surface area is 122 Å². The van der Waals surface area contributed by atoms with Gasteiger partial charge in [-0.05, 0) is 29.9 Å². The number of carbonyl (C=O) groups is 1. The fourth-order valence-electron chi connectivity index (χ4n) is 1.98. The smallest absolute Gasteiger partial charge is 0.339 e. The second-order valence-electron chi connectivity index (χ2n) is 4.44. The van der Waals surface area contributed by atoms with Crippen LogP contribution in [0.25, 0.3) is 0 Å². The van der Waals surface area contributed by atoms with Gasteiger partial charge in [0.1, 0.15) is 6.10 Å². The van der Waals surface area contributed by atoms with Gasteiger partial charge >= 0.3 is 5.97 Å². The summed E-state index contributed by atoms with van der Waals surface area (Å²) < 4.78 is 15.7. The van der Waals surface area contributed by atoms with Crippen molar-refractivity contribution in [1.82, 2.24) is 0 Å². The van der Waals surface area contributed by atoms with Crippen LogP contribution in [0.1, 0.15) is 18.1 Å². The molecule has 0 saturated carbocycles. The minimum Gasteiger partial charge on any atom is -0.493 e. The van der Waals surface area contributed by atoms with Crippen LogP contribution in [0.5, 0.6) is 11.5 Å². The molecule has 0 bridgehead atoms. The molecule has 0 aliphatic carbocycles. The number of thioether (sulfide) groups is 1. The molecule has 0 radical (unpaired) electrons. The second-order valence-corrected chi connectivity index (χ2v) is 5.59. The maximum Gasteiger partial charge on any atom is 0.339 e. The van der Waals surface area contributed by atoms with E-state index in [0.29, 0.717) is 17.1 Å².